The minimum Gasteiger partial charge on any atom is -0.490 e. The average Bonchev–Trinajstić information content (AvgIpc) is 3.49. The third-order valence-corrected chi connectivity index (χ3v) is 7.16. The van der Waals surface area contributed by atoms with Crippen molar-refractivity contribution in [1.82, 2.24) is 10.2 Å². The molecule has 5 aromatic rings. The molecule has 0 saturated carbocycles. The van der Waals surface area contributed by atoms with E-state index >= 15 is 0 Å². The Labute approximate surface area is 222 Å². The van der Waals surface area contributed by atoms with E-state index in [1.54, 1.807) is 30.3 Å². The number of carbonyl (C=O) groups is 1. The van der Waals surface area contributed by atoms with E-state index in [9.17, 15) is 9.59 Å². The average molecular weight is 526 g/mol. The van der Waals surface area contributed by atoms with Gasteiger partial charge in [0.15, 0.2) is 16.9 Å². The summed E-state index contributed by atoms with van der Waals surface area (Å²) in [6, 6.07) is 21.5. The normalized spacial score (nSPS) is 14.6. The number of aromatic nitrogens is 2. The van der Waals surface area contributed by atoms with Gasteiger partial charge in [-0.3, -0.25) is 14.5 Å². The first-order valence-electron chi connectivity index (χ1n) is 12.2. The Hall–Kier alpha value is -4.50. The number of rotatable bonds is 7. The van der Waals surface area contributed by atoms with Crippen LogP contribution in [0.4, 0.5) is 5.13 Å². The van der Waals surface area contributed by atoms with Gasteiger partial charge in [0.2, 0.25) is 10.9 Å². The van der Waals surface area contributed by atoms with Crippen molar-refractivity contribution in [3.8, 4) is 11.5 Å². The smallest absolute Gasteiger partial charge is 0.297 e. The number of aryl methyl sites for hydroxylation is 1. The van der Waals surface area contributed by atoms with Crippen LogP contribution in [0.15, 0.2) is 82.0 Å². The molecule has 1 atom stereocenters. The van der Waals surface area contributed by atoms with Crippen LogP contribution in [-0.4, -0.2) is 22.7 Å². The van der Waals surface area contributed by atoms with Gasteiger partial charge in [-0.05, 0) is 49.2 Å². The van der Waals surface area contributed by atoms with Gasteiger partial charge in [0, 0.05) is 0 Å². The summed E-state index contributed by atoms with van der Waals surface area (Å²) in [5.41, 5.74) is 2.06. The van der Waals surface area contributed by atoms with Gasteiger partial charge in [-0.25, -0.2) is 0 Å². The van der Waals surface area contributed by atoms with Crippen molar-refractivity contribution in [2.24, 2.45) is 0 Å². The van der Waals surface area contributed by atoms with Crippen molar-refractivity contribution in [2.75, 3.05) is 11.5 Å². The summed E-state index contributed by atoms with van der Waals surface area (Å²) in [4.78, 5) is 28.9. The molecule has 3 heterocycles. The Morgan fingerprint density at radius 3 is 2.50 bits per heavy atom. The van der Waals surface area contributed by atoms with Crippen LogP contribution in [0.2, 0.25) is 0 Å². The highest BCUT2D eigenvalue weighted by atomic mass is 32.1. The maximum Gasteiger partial charge on any atom is 0.297 e. The molecule has 0 spiro atoms. The van der Waals surface area contributed by atoms with Gasteiger partial charge in [-0.1, -0.05) is 59.9 Å². The second-order valence-electron chi connectivity index (χ2n) is 8.76. The first-order chi connectivity index (χ1) is 18.5. The number of hydrogen-bond donors (Lipinski definition) is 0. The lowest BCUT2D eigenvalue weighted by Gasteiger charge is -2.23. The van der Waals surface area contributed by atoms with Crippen LogP contribution in [0.3, 0.4) is 0 Å². The van der Waals surface area contributed by atoms with Crippen molar-refractivity contribution in [3.63, 3.8) is 0 Å². The van der Waals surface area contributed by atoms with E-state index < -0.39 is 11.9 Å². The predicted octanol–water partition coefficient (Wildman–Crippen LogP) is 5.68. The Morgan fingerprint density at radius 1 is 0.947 bits per heavy atom. The molecule has 190 valence electrons. The molecule has 9 heteroatoms. The monoisotopic (exact) mass is 525 g/mol. The van der Waals surface area contributed by atoms with E-state index in [0.717, 1.165) is 5.56 Å². The van der Waals surface area contributed by atoms with Gasteiger partial charge >= 0.3 is 0 Å². The number of nitrogens with zero attached hydrogens (tertiary/aromatic N) is 3. The fourth-order valence-corrected chi connectivity index (χ4v) is 5.35. The van der Waals surface area contributed by atoms with E-state index in [4.69, 9.17) is 13.9 Å². The topological polar surface area (TPSA) is 94.8 Å². The standard InChI is InChI=1S/C29H23N3O5S/c1-3-35-23-15-19(13-14-22(23)36-16-18-9-5-4-6-10-18)25-24-26(33)20-11-7-8-12-21(20)37-27(24)28(34)32(25)29-31-30-17(2)38-29/h4-15,25H,3,16H2,1-2H3/t25-/m1/s1. The number of anilines is 1. The first kappa shape index (κ1) is 23.9. The lowest BCUT2D eigenvalue weighted by molar-refractivity contribution is 0.0970. The van der Waals surface area contributed by atoms with Gasteiger partial charge in [-0.2, -0.15) is 0 Å². The van der Waals surface area contributed by atoms with E-state index in [0.29, 0.717) is 51.4 Å². The SMILES string of the molecule is CCOc1cc([C@@H]2c3c(oc4ccccc4c3=O)C(=O)N2c2nnc(C)s2)ccc1OCc1ccccc1. The molecule has 0 N–H and O–H groups in total. The lowest BCUT2D eigenvalue weighted by Crippen LogP contribution is -2.29. The van der Waals surface area contributed by atoms with E-state index in [1.807, 2.05) is 56.3 Å². The largest absolute Gasteiger partial charge is 0.490 e. The number of hydrogen-bond acceptors (Lipinski definition) is 8. The quantitative estimate of drug-likeness (QED) is 0.270. The zero-order valence-corrected chi connectivity index (χ0v) is 21.5. The molecule has 1 aliphatic heterocycles. The molecule has 8 nitrogen and oxygen atoms in total. The van der Waals surface area contributed by atoms with E-state index in [1.165, 1.54) is 16.2 Å². The third-order valence-electron chi connectivity index (χ3n) is 6.32. The van der Waals surface area contributed by atoms with Gasteiger partial charge in [0.1, 0.15) is 17.2 Å². The zero-order valence-electron chi connectivity index (χ0n) is 20.7. The number of fused-ring (bicyclic) bond motifs is 2. The molecule has 0 fully saturated rings. The molecule has 0 saturated heterocycles. The predicted molar refractivity (Wildman–Crippen MR) is 144 cm³/mol. The maximum absolute atomic E-state index is 13.7. The van der Waals surface area contributed by atoms with Gasteiger partial charge in [-0.15, -0.1) is 10.2 Å². The van der Waals surface area contributed by atoms with Gasteiger partial charge in [0.05, 0.1) is 23.6 Å². The first-order valence-corrected chi connectivity index (χ1v) is 13.0. The van der Waals surface area contributed by atoms with Crippen molar-refractivity contribution < 1.29 is 18.7 Å². The molecule has 1 aliphatic rings. The Morgan fingerprint density at radius 2 is 1.74 bits per heavy atom. The number of amides is 1. The van der Waals surface area contributed by atoms with Crippen LogP contribution >= 0.6 is 11.3 Å². The molecular formula is C29H23N3O5S. The van der Waals surface area contributed by atoms with Crippen LogP contribution in [-0.2, 0) is 6.61 Å². The molecular weight excluding hydrogens is 502 g/mol. The van der Waals surface area contributed by atoms with Crippen LogP contribution in [0.5, 0.6) is 11.5 Å². The lowest BCUT2D eigenvalue weighted by atomic mass is 9.98. The highest BCUT2D eigenvalue weighted by Crippen LogP contribution is 2.44. The summed E-state index contributed by atoms with van der Waals surface area (Å²) in [7, 11) is 0. The van der Waals surface area contributed by atoms with Crippen molar-refractivity contribution in [3.05, 3.63) is 110 Å². The fraction of sp³-hybridized carbons (Fsp3) is 0.172. The Kier molecular flexibility index (Phi) is 6.13. The number of para-hydroxylation sites is 1. The summed E-state index contributed by atoms with van der Waals surface area (Å²) in [5, 5.41) is 9.81. The molecule has 1 amide bonds. The summed E-state index contributed by atoms with van der Waals surface area (Å²) in [6.07, 6.45) is 0. The third kappa shape index (κ3) is 4.10. The fourth-order valence-electron chi connectivity index (χ4n) is 4.63. The van der Waals surface area contributed by atoms with Crippen molar-refractivity contribution in [2.45, 2.75) is 26.5 Å². The number of benzene rings is 3. The molecule has 6 rings (SSSR count). The molecule has 0 aliphatic carbocycles. The highest BCUT2D eigenvalue weighted by molar-refractivity contribution is 7.15. The summed E-state index contributed by atoms with van der Waals surface area (Å²) >= 11 is 1.27. The van der Waals surface area contributed by atoms with Crippen molar-refractivity contribution in [1.29, 1.82) is 0 Å². The summed E-state index contributed by atoms with van der Waals surface area (Å²) in [5.74, 6) is 0.647. The van der Waals surface area contributed by atoms with E-state index in [-0.39, 0.29) is 16.8 Å². The van der Waals surface area contributed by atoms with Gasteiger partial charge in [0.25, 0.3) is 5.91 Å². The summed E-state index contributed by atoms with van der Waals surface area (Å²) < 4.78 is 18.0. The minimum atomic E-state index is -0.770. The maximum atomic E-state index is 13.7. The molecule has 0 radical (unpaired) electrons. The van der Waals surface area contributed by atoms with Crippen LogP contribution < -0.4 is 19.8 Å². The molecule has 38 heavy (non-hydrogen) atoms. The highest BCUT2D eigenvalue weighted by Gasteiger charge is 2.45. The van der Waals surface area contributed by atoms with Crippen LogP contribution in [0, 0.1) is 6.92 Å². The van der Waals surface area contributed by atoms with Crippen LogP contribution in [0.1, 0.15) is 45.2 Å². The summed E-state index contributed by atoms with van der Waals surface area (Å²) in [6.45, 7) is 4.49. The van der Waals surface area contributed by atoms with Gasteiger partial charge < -0.3 is 13.9 Å². The zero-order chi connectivity index (χ0) is 26.2. The van der Waals surface area contributed by atoms with E-state index in [2.05, 4.69) is 10.2 Å². The number of carbonyl (C=O) groups excluding carboxylic acids is 1. The molecule has 0 bridgehead atoms. The second-order valence-corrected chi connectivity index (χ2v) is 9.93. The van der Waals surface area contributed by atoms with Crippen molar-refractivity contribution >= 4 is 33.3 Å². The molecule has 0 unspecified atom stereocenters. The van der Waals surface area contributed by atoms with Crippen LogP contribution in [0.25, 0.3) is 11.0 Å². The Balaban J connectivity index is 1.48. The second kappa shape index (κ2) is 9.75. The Bertz CT molecular complexity index is 1710. The molecule has 3 aromatic carbocycles. The minimum absolute atomic E-state index is 0.00826. The number of ether oxygens (including phenoxy) is 2. The molecule has 2 aromatic heterocycles.